The van der Waals surface area contributed by atoms with Crippen LogP contribution in [0.1, 0.15) is 31.1 Å². The van der Waals surface area contributed by atoms with E-state index in [9.17, 15) is 9.59 Å². The molecule has 0 saturated carbocycles. The minimum absolute atomic E-state index is 0.0632. The molecule has 0 bridgehead atoms. The van der Waals surface area contributed by atoms with Crippen molar-refractivity contribution in [1.29, 1.82) is 0 Å². The van der Waals surface area contributed by atoms with Crippen LogP contribution in [0.2, 0.25) is 0 Å². The number of carbonyl (C=O) groups excluding carboxylic acids is 2. The fourth-order valence-electron chi connectivity index (χ4n) is 4.41. The molecule has 9 nitrogen and oxygen atoms in total. The number of nitrogens with one attached hydrogen (secondary N) is 1. The first-order valence-corrected chi connectivity index (χ1v) is 11.6. The van der Waals surface area contributed by atoms with Crippen LogP contribution in [0.4, 0.5) is 5.69 Å². The number of hydrogen-bond donors (Lipinski definition) is 1. The summed E-state index contributed by atoms with van der Waals surface area (Å²) in [5, 5.41) is 2.82. The maximum atomic E-state index is 13.8. The molecule has 0 atom stereocenters. The molecule has 0 spiro atoms. The van der Waals surface area contributed by atoms with Gasteiger partial charge in [0, 0.05) is 64.7 Å². The number of pyridine rings is 1. The second-order valence-electron chi connectivity index (χ2n) is 8.79. The summed E-state index contributed by atoms with van der Waals surface area (Å²) in [6.45, 7) is 9.74. The van der Waals surface area contributed by atoms with E-state index in [1.54, 1.807) is 25.4 Å². The van der Waals surface area contributed by atoms with E-state index in [1.165, 1.54) is 6.92 Å². The number of anilines is 1. The largest absolute Gasteiger partial charge is 0.383 e. The molecule has 1 fully saturated rings. The van der Waals surface area contributed by atoms with Crippen molar-refractivity contribution in [3.05, 3.63) is 42.1 Å². The average Bonchev–Trinajstić information content (AvgIpc) is 3.20. The highest BCUT2D eigenvalue weighted by atomic mass is 16.5. The Morgan fingerprint density at radius 3 is 2.53 bits per heavy atom. The number of benzene rings is 1. The average molecular weight is 465 g/mol. The normalized spacial score (nSPS) is 14.7. The van der Waals surface area contributed by atoms with Crippen molar-refractivity contribution in [3.63, 3.8) is 0 Å². The van der Waals surface area contributed by atoms with Crippen molar-refractivity contribution in [2.24, 2.45) is 0 Å². The standard InChI is InChI=1S/C25H32N6O3/c1-17(2)29-9-11-30(12-10-29)25(33)20-15-19(27-18(3)32)16-22-23(20)31(13-14-34-4)24(28-22)21-7-5-6-8-26-21/h5-8,15-17H,9-14H2,1-4H3,(H,27,32). The second-order valence-corrected chi connectivity index (χ2v) is 8.79. The summed E-state index contributed by atoms with van der Waals surface area (Å²) in [4.78, 5) is 39.2. The Kier molecular flexibility index (Phi) is 7.23. The molecule has 0 unspecified atom stereocenters. The lowest BCUT2D eigenvalue weighted by Crippen LogP contribution is -2.50. The number of fused-ring (bicyclic) bond motifs is 1. The summed E-state index contributed by atoms with van der Waals surface area (Å²) in [6, 6.07) is 9.67. The smallest absolute Gasteiger partial charge is 0.256 e. The van der Waals surface area contributed by atoms with Gasteiger partial charge in [0.05, 0.1) is 23.2 Å². The van der Waals surface area contributed by atoms with Crippen molar-refractivity contribution < 1.29 is 14.3 Å². The first-order chi connectivity index (χ1) is 16.4. The number of carbonyl (C=O) groups is 2. The van der Waals surface area contributed by atoms with Crippen LogP contribution in [0.25, 0.3) is 22.6 Å². The van der Waals surface area contributed by atoms with Crippen LogP contribution in [0.5, 0.6) is 0 Å². The van der Waals surface area contributed by atoms with E-state index >= 15 is 0 Å². The number of ether oxygens (including phenoxy) is 1. The van der Waals surface area contributed by atoms with Crippen LogP contribution in [-0.4, -0.2) is 82.1 Å². The number of nitrogens with zero attached hydrogens (tertiary/aromatic N) is 5. The van der Waals surface area contributed by atoms with Crippen molar-refractivity contribution in [2.45, 2.75) is 33.4 Å². The van der Waals surface area contributed by atoms with Gasteiger partial charge in [-0.25, -0.2) is 4.98 Å². The van der Waals surface area contributed by atoms with E-state index in [-0.39, 0.29) is 11.8 Å². The van der Waals surface area contributed by atoms with Crippen LogP contribution in [0.15, 0.2) is 36.5 Å². The van der Waals surface area contributed by atoms with Gasteiger partial charge in [-0.1, -0.05) is 6.07 Å². The highest BCUT2D eigenvalue weighted by Crippen LogP contribution is 2.30. The number of imidazole rings is 1. The van der Waals surface area contributed by atoms with E-state index in [1.807, 2.05) is 27.7 Å². The van der Waals surface area contributed by atoms with E-state index < -0.39 is 0 Å². The summed E-state index contributed by atoms with van der Waals surface area (Å²) in [5.74, 6) is 0.394. The fourth-order valence-corrected chi connectivity index (χ4v) is 4.41. The van der Waals surface area contributed by atoms with Crippen molar-refractivity contribution in [2.75, 3.05) is 45.2 Å². The number of hydrogen-bond acceptors (Lipinski definition) is 6. The minimum atomic E-state index is -0.202. The predicted molar refractivity (Wildman–Crippen MR) is 132 cm³/mol. The quantitative estimate of drug-likeness (QED) is 0.578. The molecule has 1 saturated heterocycles. The van der Waals surface area contributed by atoms with Crippen LogP contribution in [0, 0.1) is 0 Å². The minimum Gasteiger partial charge on any atom is -0.383 e. The molecule has 9 heteroatoms. The highest BCUT2D eigenvalue weighted by Gasteiger charge is 2.27. The Labute approximate surface area is 199 Å². The molecule has 1 aromatic carbocycles. The van der Waals surface area contributed by atoms with Gasteiger partial charge in [0.25, 0.3) is 5.91 Å². The molecule has 34 heavy (non-hydrogen) atoms. The molecule has 2 aromatic heterocycles. The molecule has 1 aliphatic heterocycles. The van der Waals surface area contributed by atoms with Gasteiger partial charge in [-0.2, -0.15) is 0 Å². The van der Waals surface area contributed by atoms with E-state index in [2.05, 4.69) is 29.0 Å². The molecule has 3 aromatic rings. The van der Waals surface area contributed by atoms with Crippen molar-refractivity contribution in [3.8, 4) is 11.5 Å². The number of rotatable bonds is 7. The first kappa shape index (κ1) is 23.8. The van der Waals surface area contributed by atoms with Gasteiger partial charge in [0.1, 0.15) is 5.69 Å². The van der Waals surface area contributed by atoms with Gasteiger partial charge < -0.3 is 19.5 Å². The zero-order valence-corrected chi connectivity index (χ0v) is 20.2. The van der Waals surface area contributed by atoms with Gasteiger partial charge in [0.15, 0.2) is 5.82 Å². The van der Waals surface area contributed by atoms with Crippen LogP contribution >= 0.6 is 0 Å². The van der Waals surface area contributed by atoms with Crippen molar-refractivity contribution in [1.82, 2.24) is 24.3 Å². The Morgan fingerprint density at radius 1 is 1.15 bits per heavy atom. The molecule has 3 heterocycles. The molecule has 1 N–H and O–H groups in total. The third-order valence-electron chi connectivity index (χ3n) is 6.14. The number of piperazine rings is 1. The molecule has 1 aliphatic rings. The first-order valence-electron chi connectivity index (χ1n) is 11.6. The monoisotopic (exact) mass is 464 g/mol. The molecular formula is C25H32N6O3. The number of aromatic nitrogens is 3. The van der Waals surface area contributed by atoms with Gasteiger partial charge >= 0.3 is 0 Å². The zero-order chi connectivity index (χ0) is 24.2. The maximum absolute atomic E-state index is 13.8. The summed E-state index contributed by atoms with van der Waals surface area (Å²) in [5.41, 5.74) is 3.13. The Morgan fingerprint density at radius 2 is 1.91 bits per heavy atom. The lowest BCUT2D eigenvalue weighted by atomic mass is 10.1. The highest BCUT2D eigenvalue weighted by molar-refractivity contribution is 6.08. The van der Waals surface area contributed by atoms with Crippen LogP contribution in [-0.2, 0) is 16.1 Å². The third kappa shape index (κ3) is 4.95. The lowest BCUT2D eigenvalue weighted by Gasteiger charge is -2.37. The Balaban J connectivity index is 1.83. The van der Waals surface area contributed by atoms with E-state index in [4.69, 9.17) is 9.72 Å². The molecule has 4 rings (SSSR count). The summed E-state index contributed by atoms with van der Waals surface area (Å²) in [7, 11) is 1.65. The number of amides is 2. The molecule has 0 radical (unpaired) electrons. The Bertz CT molecular complexity index is 1170. The van der Waals surface area contributed by atoms with Crippen LogP contribution in [0.3, 0.4) is 0 Å². The summed E-state index contributed by atoms with van der Waals surface area (Å²) < 4.78 is 7.35. The maximum Gasteiger partial charge on any atom is 0.256 e. The summed E-state index contributed by atoms with van der Waals surface area (Å²) in [6.07, 6.45) is 1.72. The van der Waals surface area contributed by atoms with E-state index in [0.29, 0.717) is 60.6 Å². The zero-order valence-electron chi connectivity index (χ0n) is 20.2. The van der Waals surface area contributed by atoms with E-state index in [0.717, 1.165) is 18.6 Å². The van der Waals surface area contributed by atoms with Gasteiger partial charge in [-0.15, -0.1) is 0 Å². The van der Waals surface area contributed by atoms with Crippen LogP contribution < -0.4 is 5.32 Å². The fraction of sp³-hybridized carbons (Fsp3) is 0.440. The van der Waals surface area contributed by atoms with Gasteiger partial charge in [0.2, 0.25) is 5.91 Å². The van der Waals surface area contributed by atoms with Gasteiger partial charge in [-0.3, -0.25) is 19.5 Å². The molecular weight excluding hydrogens is 432 g/mol. The second kappa shape index (κ2) is 10.3. The van der Waals surface area contributed by atoms with Gasteiger partial charge in [-0.05, 0) is 38.1 Å². The molecule has 0 aliphatic carbocycles. The lowest BCUT2D eigenvalue weighted by molar-refractivity contribution is -0.114. The molecule has 2 amide bonds. The SMILES string of the molecule is COCCn1c(-c2ccccn2)nc2cc(NC(C)=O)cc(C(=O)N3CCN(C(C)C)CC3)c21. The number of methoxy groups -OCH3 is 1. The predicted octanol–water partition coefficient (Wildman–Crippen LogP) is 2.87. The van der Waals surface area contributed by atoms with Crippen molar-refractivity contribution >= 4 is 28.5 Å². The third-order valence-corrected chi connectivity index (χ3v) is 6.14. The Hall–Kier alpha value is -3.30. The topological polar surface area (TPSA) is 92.6 Å². The molecule has 180 valence electrons. The summed E-state index contributed by atoms with van der Waals surface area (Å²) >= 11 is 0.